The molecule has 34 heavy (non-hydrogen) atoms. The topological polar surface area (TPSA) is 120 Å². The predicted octanol–water partition coefficient (Wildman–Crippen LogP) is 1.75. The SMILES string of the molecule is CC(C)CN1CCC2(C1)c1ncn(C)c1CCN2C(=O)CCc1ncn[nH]1.O=C(O)C(F)(F)F. The molecule has 1 spiro atoms. The van der Waals surface area contributed by atoms with Gasteiger partial charge in [-0.3, -0.25) is 9.89 Å². The molecule has 0 saturated carbocycles. The first-order chi connectivity index (χ1) is 15.9. The van der Waals surface area contributed by atoms with Gasteiger partial charge in [0.1, 0.15) is 17.7 Å². The number of carbonyl (C=O) groups is 2. The maximum Gasteiger partial charge on any atom is 0.490 e. The van der Waals surface area contributed by atoms with Crippen molar-refractivity contribution in [2.75, 3.05) is 26.2 Å². The lowest BCUT2D eigenvalue weighted by atomic mass is 9.85. The summed E-state index contributed by atoms with van der Waals surface area (Å²) in [7, 11) is 2.06. The quantitative estimate of drug-likeness (QED) is 0.662. The van der Waals surface area contributed by atoms with Crippen LogP contribution in [0.15, 0.2) is 12.7 Å². The van der Waals surface area contributed by atoms with Crippen molar-refractivity contribution in [3.63, 3.8) is 0 Å². The molecule has 2 N–H and O–H groups in total. The first kappa shape index (κ1) is 25.7. The maximum atomic E-state index is 13.2. The molecule has 2 aromatic rings. The van der Waals surface area contributed by atoms with Crippen LogP contribution in [0.3, 0.4) is 0 Å². The van der Waals surface area contributed by atoms with E-state index >= 15 is 0 Å². The van der Waals surface area contributed by atoms with Crippen LogP contribution in [0.5, 0.6) is 0 Å². The number of amides is 1. The number of H-pyrrole nitrogens is 1. The number of aromatic nitrogens is 5. The van der Waals surface area contributed by atoms with Crippen LogP contribution in [-0.4, -0.2) is 83.9 Å². The molecule has 1 unspecified atom stereocenters. The van der Waals surface area contributed by atoms with Gasteiger partial charge in [-0.25, -0.2) is 14.8 Å². The van der Waals surface area contributed by atoms with Crippen LogP contribution in [0.1, 0.15) is 43.9 Å². The number of hydrogen-bond donors (Lipinski definition) is 2. The molecule has 2 aliphatic heterocycles. The Morgan fingerprint density at radius 3 is 2.56 bits per heavy atom. The summed E-state index contributed by atoms with van der Waals surface area (Å²) in [5, 5.41) is 13.8. The van der Waals surface area contributed by atoms with Gasteiger partial charge in [-0.05, 0) is 12.3 Å². The summed E-state index contributed by atoms with van der Waals surface area (Å²) in [5.41, 5.74) is 2.10. The van der Waals surface area contributed by atoms with E-state index in [0.29, 0.717) is 18.8 Å². The largest absolute Gasteiger partial charge is 0.490 e. The van der Waals surface area contributed by atoms with Gasteiger partial charge in [-0.2, -0.15) is 18.3 Å². The molecule has 0 radical (unpaired) electrons. The van der Waals surface area contributed by atoms with E-state index in [1.807, 2.05) is 6.33 Å². The van der Waals surface area contributed by atoms with E-state index < -0.39 is 12.1 Å². The summed E-state index contributed by atoms with van der Waals surface area (Å²) in [4.78, 5) is 35.6. The lowest BCUT2D eigenvalue weighted by molar-refractivity contribution is -0.192. The second-order valence-corrected chi connectivity index (χ2v) is 9.09. The molecule has 0 aromatic carbocycles. The minimum Gasteiger partial charge on any atom is -0.475 e. The highest BCUT2D eigenvalue weighted by molar-refractivity contribution is 5.78. The number of carboxylic acids is 1. The van der Waals surface area contributed by atoms with Crippen molar-refractivity contribution in [1.82, 2.24) is 34.5 Å². The van der Waals surface area contributed by atoms with E-state index in [2.05, 4.69) is 50.4 Å². The van der Waals surface area contributed by atoms with Crippen LogP contribution >= 0.6 is 0 Å². The fourth-order valence-electron chi connectivity index (χ4n) is 4.73. The number of fused-ring (bicyclic) bond motifs is 2. The van der Waals surface area contributed by atoms with E-state index in [1.165, 1.54) is 12.0 Å². The second-order valence-electron chi connectivity index (χ2n) is 9.09. The highest BCUT2D eigenvalue weighted by Gasteiger charge is 2.51. The Bertz CT molecular complexity index is 990. The number of alkyl halides is 3. The zero-order valence-electron chi connectivity index (χ0n) is 19.5. The van der Waals surface area contributed by atoms with Crippen molar-refractivity contribution < 1.29 is 27.9 Å². The molecule has 188 valence electrons. The van der Waals surface area contributed by atoms with Gasteiger partial charge >= 0.3 is 12.1 Å². The zero-order chi connectivity index (χ0) is 25.1. The van der Waals surface area contributed by atoms with Crippen molar-refractivity contribution in [2.45, 2.75) is 51.2 Å². The van der Waals surface area contributed by atoms with Crippen LogP contribution in [0, 0.1) is 5.92 Å². The third kappa shape index (κ3) is 5.57. The predicted molar refractivity (Wildman–Crippen MR) is 115 cm³/mol. The lowest BCUT2D eigenvalue weighted by Gasteiger charge is -2.44. The third-order valence-electron chi connectivity index (χ3n) is 6.12. The Kier molecular flexibility index (Phi) is 7.64. The molecule has 4 heterocycles. The van der Waals surface area contributed by atoms with E-state index in [1.54, 1.807) is 0 Å². The molecule has 1 saturated heterocycles. The molecule has 0 aliphatic carbocycles. The molecule has 1 amide bonds. The van der Waals surface area contributed by atoms with Gasteiger partial charge in [-0.1, -0.05) is 13.8 Å². The van der Waals surface area contributed by atoms with Gasteiger partial charge in [0.15, 0.2) is 0 Å². The van der Waals surface area contributed by atoms with Crippen molar-refractivity contribution in [2.24, 2.45) is 13.0 Å². The van der Waals surface area contributed by atoms with Crippen molar-refractivity contribution >= 4 is 11.9 Å². The Morgan fingerprint density at radius 2 is 1.97 bits per heavy atom. The first-order valence-corrected chi connectivity index (χ1v) is 11.1. The van der Waals surface area contributed by atoms with Gasteiger partial charge in [0, 0.05) is 58.2 Å². The van der Waals surface area contributed by atoms with Gasteiger partial charge in [0.2, 0.25) is 5.91 Å². The fraction of sp³-hybridized carbons (Fsp3) is 0.667. The number of nitrogens with one attached hydrogen (secondary N) is 1. The number of halogens is 3. The number of imidazole rings is 1. The summed E-state index contributed by atoms with van der Waals surface area (Å²) >= 11 is 0. The number of carboxylic acid groups (broad SMARTS) is 1. The van der Waals surface area contributed by atoms with Gasteiger partial charge in [0.05, 0.1) is 12.0 Å². The fourth-order valence-corrected chi connectivity index (χ4v) is 4.73. The van der Waals surface area contributed by atoms with Crippen LogP contribution in [0.4, 0.5) is 13.2 Å². The Morgan fingerprint density at radius 1 is 1.26 bits per heavy atom. The third-order valence-corrected chi connectivity index (χ3v) is 6.12. The monoisotopic (exact) mass is 485 g/mol. The molecule has 2 aromatic heterocycles. The highest BCUT2D eigenvalue weighted by Crippen LogP contribution is 2.42. The normalized spacial score (nSPS) is 20.4. The Hall–Kier alpha value is -2.96. The highest BCUT2D eigenvalue weighted by atomic mass is 19.4. The maximum absolute atomic E-state index is 13.2. The van der Waals surface area contributed by atoms with Gasteiger partial charge in [-0.15, -0.1) is 0 Å². The van der Waals surface area contributed by atoms with Crippen molar-refractivity contribution in [3.05, 3.63) is 29.9 Å². The standard InChI is InChI=1S/C19H29N7O.C2HF3O2/c1-14(2)10-25-9-7-19(11-25)18-15(24(3)13-21-18)6-8-26(19)17(27)5-4-16-20-12-22-23-16;3-2(4,5)1(6)7/h12-14H,4-11H2,1-3H3,(H,20,22,23);(H,6,7). The summed E-state index contributed by atoms with van der Waals surface area (Å²) in [6.07, 6.45) is 1.17. The second kappa shape index (κ2) is 10.1. The first-order valence-electron chi connectivity index (χ1n) is 11.1. The number of nitrogens with zero attached hydrogens (tertiary/aromatic N) is 6. The number of aryl methyl sites for hydroxylation is 2. The summed E-state index contributed by atoms with van der Waals surface area (Å²) in [6.45, 7) is 8.21. The molecule has 13 heteroatoms. The molecule has 0 bridgehead atoms. The van der Waals surface area contributed by atoms with Crippen molar-refractivity contribution in [3.8, 4) is 0 Å². The van der Waals surface area contributed by atoms with Gasteiger partial charge in [0.25, 0.3) is 0 Å². The smallest absolute Gasteiger partial charge is 0.475 e. The molecule has 1 atom stereocenters. The number of carbonyl (C=O) groups excluding carboxylic acids is 1. The van der Waals surface area contributed by atoms with Crippen molar-refractivity contribution in [1.29, 1.82) is 0 Å². The average molecular weight is 486 g/mol. The number of rotatable bonds is 5. The zero-order valence-corrected chi connectivity index (χ0v) is 19.5. The van der Waals surface area contributed by atoms with E-state index in [0.717, 1.165) is 50.5 Å². The van der Waals surface area contributed by atoms with Crippen LogP contribution in [-0.2, 0) is 35.0 Å². The summed E-state index contributed by atoms with van der Waals surface area (Å²) in [5.74, 6) is -1.19. The number of aliphatic carboxylic acids is 1. The van der Waals surface area contributed by atoms with E-state index in [4.69, 9.17) is 14.9 Å². The van der Waals surface area contributed by atoms with Gasteiger partial charge < -0.3 is 19.5 Å². The van der Waals surface area contributed by atoms with E-state index in [9.17, 15) is 18.0 Å². The van der Waals surface area contributed by atoms with Crippen LogP contribution in [0.2, 0.25) is 0 Å². The van der Waals surface area contributed by atoms with E-state index in [-0.39, 0.29) is 11.4 Å². The average Bonchev–Trinajstić information content (AvgIpc) is 3.48. The number of hydrogen-bond acceptors (Lipinski definition) is 6. The van der Waals surface area contributed by atoms with Crippen LogP contribution in [0.25, 0.3) is 0 Å². The number of likely N-dealkylation sites (tertiary alicyclic amines) is 1. The molecule has 2 aliphatic rings. The summed E-state index contributed by atoms with van der Waals surface area (Å²) < 4.78 is 33.9. The Balaban J connectivity index is 0.000000406. The number of aromatic amines is 1. The molecular weight excluding hydrogens is 455 g/mol. The summed E-state index contributed by atoms with van der Waals surface area (Å²) in [6, 6.07) is 0. The minimum absolute atomic E-state index is 0.189. The lowest BCUT2D eigenvalue weighted by Crippen LogP contribution is -2.55. The molecule has 1 fully saturated rings. The Labute approximate surface area is 195 Å². The van der Waals surface area contributed by atoms with Crippen LogP contribution < -0.4 is 0 Å². The minimum atomic E-state index is -5.08. The molecule has 4 rings (SSSR count). The molecule has 10 nitrogen and oxygen atoms in total. The molecular formula is C21H30F3N7O3.